The first-order chi connectivity index (χ1) is 12.5. The van der Waals surface area contributed by atoms with Crippen molar-refractivity contribution in [3.63, 3.8) is 0 Å². The monoisotopic (exact) mass is 486 g/mol. The van der Waals surface area contributed by atoms with Gasteiger partial charge in [-0.3, -0.25) is 4.99 Å². The third-order valence-corrected chi connectivity index (χ3v) is 3.71. The Kier molecular flexibility index (Phi) is 9.50. The van der Waals surface area contributed by atoms with Crippen LogP contribution in [0, 0.1) is 23.0 Å². The number of hydrogen-bond donors (Lipinski definition) is 1. The molecule has 0 aromatic heterocycles. The molecular weight excluding hydrogens is 465 g/mol. The first-order valence-corrected chi connectivity index (χ1v) is 8.02. The number of nitrogens with zero attached hydrogens (tertiary/aromatic N) is 3. The van der Waals surface area contributed by atoms with Crippen molar-refractivity contribution in [2.24, 2.45) is 4.99 Å². The molecule has 27 heavy (non-hydrogen) atoms. The summed E-state index contributed by atoms with van der Waals surface area (Å²) in [5, 5.41) is 11.9. The zero-order valence-corrected chi connectivity index (χ0v) is 17.4. The van der Waals surface area contributed by atoms with Crippen LogP contribution in [0.4, 0.5) is 8.78 Å². The fourth-order valence-electron chi connectivity index (χ4n) is 2.30. The number of rotatable bonds is 6. The lowest BCUT2D eigenvalue weighted by molar-refractivity contribution is 0.270. The predicted molar refractivity (Wildman–Crippen MR) is 111 cm³/mol. The van der Waals surface area contributed by atoms with Crippen molar-refractivity contribution in [2.45, 2.75) is 6.54 Å². The van der Waals surface area contributed by atoms with Gasteiger partial charge in [-0.2, -0.15) is 5.26 Å². The first kappa shape index (κ1) is 22.6. The van der Waals surface area contributed by atoms with Crippen molar-refractivity contribution < 1.29 is 13.5 Å². The van der Waals surface area contributed by atoms with E-state index in [-0.39, 0.29) is 42.9 Å². The van der Waals surface area contributed by atoms with Crippen molar-refractivity contribution in [3.8, 4) is 11.8 Å². The molecule has 2 aromatic carbocycles. The summed E-state index contributed by atoms with van der Waals surface area (Å²) in [5.74, 6) is -0.0777. The summed E-state index contributed by atoms with van der Waals surface area (Å²) in [4.78, 5) is 5.92. The van der Waals surface area contributed by atoms with Gasteiger partial charge in [-0.1, -0.05) is 12.1 Å². The van der Waals surface area contributed by atoms with Crippen LogP contribution in [0.15, 0.2) is 47.5 Å². The van der Waals surface area contributed by atoms with Gasteiger partial charge in [0.15, 0.2) is 17.5 Å². The molecule has 8 heteroatoms. The largest absolute Gasteiger partial charge is 0.489 e. The maximum absolute atomic E-state index is 13.8. The molecule has 0 spiro atoms. The Balaban J connectivity index is 0.00000364. The minimum Gasteiger partial charge on any atom is -0.489 e. The van der Waals surface area contributed by atoms with E-state index in [0.717, 1.165) is 0 Å². The van der Waals surface area contributed by atoms with Gasteiger partial charge in [0.2, 0.25) is 0 Å². The minimum absolute atomic E-state index is 0. The lowest BCUT2D eigenvalue weighted by atomic mass is 10.1. The van der Waals surface area contributed by atoms with Crippen LogP contribution < -0.4 is 10.1 Å². The molecule has 0 amide bonds. The van der Waals surface area contributed by atoms with E-state index in [2.05, 4.69) is 10.3 Å². The number of hydrogen-bond acceptors (Lipinski definition) is 3. The quantitative estimate of drug-likeness (QED) is 0.386. The Morgan fingerprint density at radius 1 is 1.22 bits per heavy atom. The standard InChI is InChI=1S/C19H20F2N4O.HI/c1-23-19(24-13-15-11-14(12-22)7-8-16(15)20)25(2)9-10-26-18-6-4-3-5-17(18)21;/h3-8,11H,9-10,13H2,1-2H3,(H,23,24);1H. The van der Waals surface area contributed by atoms with Crippen LogP contribution in [0.25, 0.3) is 0 Å². The molecule has 1 N–H and O–H groups in total. The third kappa shape index (κ3) is 6.67. The van der Waals surface area contributed by atoms with E-state index < -0.39 is 11.6 Å². The summed E-state index contributed by atoms with van der Waals surface area (Å²) in [5.41, 5.74) is 0.769. The van der Waals surface area contributed by atoms with Crippen LogP contribution >= 0.6 is 24.0 Å². The Hall–Kier alpha value is -2.41. The van der Waals surface area contributed by atoms with Crippen LogP contribution in [-0.2, 0) is 6.54 Å². The van der Waals surface area contributed by atoms with Gasteiger partial charge in [0.1, 0.15) is 12.4 Å². The van der Waals surface area contributed by atoms with Crippen molar-refractivity contribution >= 4 is 29.9 Å². The predicted octanol–water partition coefficient (Wildman–Crippen LogP) is 3.54. The normalized spacial score (nSPS) is 10.6. The molecule has 0 aliphatic carbocycles. The molecule has 0 atom stereocenters. The molecule has 0 fully saturated rings. The van der Waals surface area contributed by atoms with Gasteiger partial charge in [-0.05, 0) is 30.3 Å². The van der Waals surface area contributed by atoms with E-state index in [1.54, 1.807) is 37.2 Å². The maximum atomic E-state index is 13.8. The number of nitriles is 1. The van der Waals surface area contributed by atoms with E-state index in [1.165, 1.54) is 24.3 Å². The molecule has 0 aliphatic rings. The Bertz CT molecular complexity index is 824. The van der Waals surface area contributed by atoms with Gasteiger partial charge in [-0.25, -0.2) is 8.78 Å². The van der Waals surface area contributed by atoms with E-state index in [4.69, 9.17) is 10.00 Å². The van der Waals surface area contributed by atoms with E-state index >= 15 is 0 Å². The lowest BCUT2D eigenvalue weighted by Gasteiger charge is -2.22. The van der Waals surface area contributed by atoms with Gasteiger partial charge in [0.05, 0.1) is 18.2 Å². The molecule has 0 aliphatic heterocycles. The fraction of sp³-hybridized carbons (Fsp3) is 0.263. The molecular formula is C19H21F2IN4O. The Morgan fingerprint density at radius 3 is 2.63 bits per heavy atom. The second kappa shape index (κ2) is 11.3. The molecule has 0 unspecified atom stereocenters. The summed E-state index contributed by atoms with van der Waals surface area (Å²) in [6.07, 6.45) is 0. The molecule has 144 valence electrons. The van der Waals surface area contributed by atoms with Crippen molar-refractivity contribution in [1.29, 1.82) is 5.26 Å². The van der Waals surface area contributed by atoms with Crippen LogP contribution in [0.1, 0.15) is 11.1 Å². The molecule has 0 saturated heterocycles. The lowest BCUT2D eigenvalue weighted by Crippen LogP contribution is -2.40. The highest BCUT2D eigenvalue weighted by Crippen LogP contribution is 2.15. The molecule has 0 saturated carbocycles. The van der Waals surface area contributed by atoms with Crippen LogP contribution in [0.5, 0.6) is 5.75 Å². The molecule has 2 rings (SSSR count). The van der Waals surface area contributed by atoms with Gasteiger partial charge in [-0.15, -0.1) is 24.0 Å². The first-order valence-electron chi connectivity index (χ1n) is 8.02. The van der Waals surface area contributed by atoms with Crippen LogP contribution in [-0.4, -0.2) is 38.1 Å². The molecule has 5 nitrogen and oxygen atoms in total. The van der Waals surface area contributed by atoms with E-state index in [9.17, 15) is 8.78 Å². The number of nitrogens with one attached hydrogen (secondary N) is 1. The van der Waals surface area contributed by atoms with Gasteiger partial charge < -0.3 is 15.0 Å². The van der Waals surface area contributed by atoms with Crippen molar-refractivity contribution in [2.75, 3.05) is 27.2 Å². The fourth-order valence-corrected chi connectivity index (χ4v) is 2.30. The molecule has 2 aromatic rings. The Labute approximate surface area is 174 Å². The smallest absolute Gasteiger partial charge is 0.193 e. The van der Waals surface area contributed by atoms with E-state index in [1.807, 2.05) is 6.07 Å². The summed E-state index contributed by atoms with van der Waals surface area (Å²) in [6.45, 7) is 0.900. The highest BCUT2D eigenvalue weighted by molar-refractivity contribution is 14.0. The van der Waals surface area contributed by atoms with Crippen molar-refractivity contribution in [1.82, 2.24) is 10.2 Å². The van der Waals surface area contributed by atoms with Gasteiger partial charge >= 0.3 is 0 Å². The minimum atomic E-state index is -0.412. The maximum Gasteiger partial charge on any atom is 0.193 e. The summed E-state index contributed by atoms with van der Waals surface area (Å²) in [6, 6.07) is 12.4. The third-order valence-electron chi connectivity index (χ3n) is 3.71. The number of benzene rings is 2. The number of para-hydroxylation sites is 1. The number of ether oxygens (including phenoxy) is 1. The highest BCUT2D eigenvalue weighted by atomic mass is 127. The second-order valence-corrected chi connectivity index (χ2v) is 5.52. The summed E-state index contributed by atoms with van der Waals surface area (Å²) >= 11 is 0. The van der Waals surface area contributed by atoms with E-state index in [0.29, 0.717) is 23.6 Å². The average Bonchev–Trinajstić information content (AvgIpc) is 2.65. The van der Waals surface area contributed by atoms with Crippen molar-refractivity contribution in [3.05, 3.63) is 65.2 Å². The number of halogens is 3. The summed E-state index contributed by atoms with van der Waals surface area (Å²) < 4.78 is 32.8. The Morgan fingerprint density at radius 2 is 1.96 bits per heavy atom. The average molecular weight is 486 g/mol. The molecule has 0 bridgehead atoms. The van der Waals surface area contributed by atoms with Crippen LogP contribution in [0.2, 0.25) is 0 Å². The zero-order chi connectivity index (χ0) is 18.9. The second-order valence-electron chi connectivity index (χ2n) is 5.52. The topological polar surface area (TPSA) is 60.7 Å². The number of likely N-dealkylation sites (N-methyl/N-ethyl adjacent to an activating group) is 1. The molecule has 0 radical (unpaired) electrons. The molecule has 0 heterocycles. The summed E-state index contributed by atoms with van der Waals surface area (Å²) in [7, 11) is 3.40. The SMILES string of the molecule is CN=C(NCc1cc(C#N)ccc1F)N(C)CCOc1ccccc1F.I. The van der Waals surface area contributed by atoms with Gasteiger partial charge in [0, 0.05) is 26.2 Å². The number of guanidine groups is 1. The van der Waals surface area contributed by atoms with Crippen LogP contribution in [0.3, 0.4) is 0 Å². The number of aliphatic imine (C=N–C) groups is 1. The zero-order valence-electron chi connectivity index (χ0n) is 15.1. The van der Waals surface area contributed by atoms with Gasteiger partial charge in [0.25, 0.3) is 0 Å². The highest BCUT2D eigenvalue weighted by Gasteiger charge is 2.09.